The van der Waals surface area contributed by atoms with E-state index < -0.39 is 0 Å². The fourth-order valence-corrected chi connectivity index (χ4v) is 2.99. The van der Waals surface area contributed by atoms with E-state index in [9.17, 15) is 0 Å². The van der Waals surface area contributed by atoms with Gasteiger partial charge in [0.2, 0.25) is 0 Å². The Morgan fingerprint density at radius 3 is 2.78 bits per heavy atom. The Hall–Kier alpha value is -0.540. The predicted octanol–water partition coefficient (Wildman–Crippen LogP) is 4.13. The lowest BCUT2D eigenvalue weighted by Gasteiger charge is -2.22. The van der Waals surface area contributed by atoms with Gasteiger partial charge in [0, 0.05) is 16.6 Å². The first kappa shape index (κ1) is 13.9. The predicted molar refractivity (Wildman–Crippen MR) is 79.0 cm³/mol. The second-order valence-electron chi connectivity index (χ2n) is 5.10. The summed E-state index contributed by atoms with van der Waals surface area (Å²) < 4.78 is 7.13. The first-order chi connectivity index (χ1) is 8.79. The van der Waals surface area contributed by atoms with Crippen molar-refractivity contribution < 1.29 is 4.74 Å². The van der Waals surface area contributed by atoms with Crippen molar-refractivity contribution in [1.82, 2.24) is 5.32 Å². The first-order valence-electron chi connectivity index (χ1n) is 6.85. The summed E-state index contributed by atoms with van der Waals surface area (Å²) in [5.74, 6) is 1.78. The van der Waals surface area contributed by atoms with Gasteiger partial charge in [0.05, 0.1) is 6.61 Å². The zero-order chi connectivity index (χ0) is 12.8. The number of benzene rings is 1. The van der Waals surface area contributed by atoms with E-state index in [1.165, 1.54) is 37.7 Å². The Morgan fingerprint density at radius 2 is 2.06 bits per heavy atom. The van der Waals surface area contributed by atoms with Crippen molar-refractivity contribution in [2.45, 2.75) is 38.6 Å². The van der Waals surface area contributed by atoms with E-state index in [1.807, 2.05) is 7.05 Å². The molecular weight excluding hydrogens is 290 g/mol. The molecule has 1 fully saturated rings. The lowest BCUT2D eigenvalue weighted by molar-refractivity contribution is 0.207. The lowest BCUT2D eigenvalue weighted by Crippen LogP contribution is -2.16. The number of hydrogen-bond acceptors (Lipinski definition) is 2. The van der Waals surface area contributed by atoms with Gasteiger partial charge in [-0.2, -0.15) is 0 Å². The third kappa shape index (κ3) is 3.99. The van der Waals surface area contributed by atoms with Gasteiger partial charge in [0.15, 0.2) is 0 Å². The molecule has 0 heterocycles. The van der Waals surface area contributed by atoms with E-state index in [0.29, 0.717) is 0 Å². The molecule has 1 aromatic carbocycles. The van der Waals surface area contributed by atoms with Gasteiger partial charge in [-0.25, -0.2) is 0 Å². The van der Waals surface area contributed by atoms with Crippen LogP contribution in [0.1, 0.15) is 37.7 Å². The monoisotopic (exact) mass is 311 g/mol. The zero-order valence-corrected chi connectivity index (χ0v) is 12.6. The van der Waals surface area contributed by atoms with Crippen molar-refractivity contribution in [1.29, 1.82) is 0 Å². The van der Waals surface area contributed by atoms with Crippen LogP contribution in [0.3, 0.4) is 0 Å². The van der Waals surface area contributed by atoms with Crippen molar-refractivity contribution >= 4 is 15.9 Å². The molecule has 0 amide bonds. The fraction of sp³-hybridized carbons (Fsp3) is 0.600. The maximum atomic E-state index is 6.02. The van der Waals surface area contributed by atoms with E-state index in [4.69, 9.17) is 4.74 Å². The molecule has 0 bridgehead atoms. The Labute approximate surface area is 118 Å². The molecule has 0 saturated heterocycles. The van der Waals surface area contributed by atoms with Crippen LogP contribution in [0.5, 0.6) is 5.75 Å². The largest absolute Gasteiger partial charge is 0.493 e. The van der Waals surface area contributed by atoms with Crippen LogP contribution in [0.2, 0.25) is 0 Å². The van der Waals surface area contributed by atoms with E-state index in [2.05, 4.69) is 39.4 Å². The molecule has 0 aromatic heterocycles. The van der Waals surface area contributed by atoms with Gasteiger partial charge in [0.25, 0.3) is 0 Å². The molecule has 2 rings (SSSR count). The summed E-state index contributed by atoms with van der Waals surface area (Å²) in [6, 6.07) is 6.25. The van der Waals surface area contributed by atoms with Crippen LogP contribution in [0, 0.1) is 5.92 Å². The van der Waals surface area contributed by atoms with Crippen LogP contribution < -0.4 is 10.1 Å². The second kappa shape index (κ2) is 7.15. The van der Waals surface area contributed by atoms with Gasteiger partial charge in [-0.15, -0.1) is 0 Å². The Bertz CT molecular complexity index is 375. The van der Waals surface area contributed by atoms with Gasteiger partial charge < -0.3 is 10.1 Å². The first-order valence-corrected chi connectivity index (χ1v) is 7.64. The summed E-state index contributed by atoms with van der Waals surface area (Å²) in [7, 11) is 1.96. The number of rotatable bonds is 5. The Morgan fingerprint density at radius 1 is 1.28 bits per heavy atom. The van der Waals surface area contributed by atoms with Crippen molar-refractivity contribution in [2.75, 3.05) is 13.7 Å². The molecular formula is C15H22BrNO. The van der Waals surface area contributed by atoms with Crippen LogP contribution in [-0.2, 0) is 6.54 Å². The second-order valence-corrected chi connectivity index (χ2v) is 6.01. The van der Waals surface area contributed by atoms with E-state index in [0.717, 1.165) is 29.3 Å². The summed E-state index contributed by atoms with van der Waals surface area (Å²) in [5, 5.41) is 3.19. The highest BCUT2D eigenvalue weighted by Crippen LogP contribution is 2.27. The molecule has 3 heteroatoms. The SMILES string of the molecule is CNCc1cc(Br)ccc1OCC1CCCCC1. The summed E-state index contributed by atoms with van der Waals surface area (Å²) in [6.07, 6.45) is 6.81. The van der Waals surface area contributed by atoms with Crippen molar-refractivity contribution in [2.24, 2.45) is 5.92 Å². The molecule has 100 valence electrons. The maximum Gasteiger partial charge on any atom is 0.123 e. The number of ether oxygens (including phenoxy) is 1. The van der Waals surface area contributed by atoms with E-state index in [1.54, 1.807) is 0 Å². The highest BCUT2D eigenvalue weighted by molar-refractivity contribution is 9.10. The van der Waals surface area contributed by atoms with Crippen LogP contribution in [-0.4, -0.2) is 13.7 Å². The molecule has 0 radical (unpaired) electrons. The fourth-order valence-electron chi connectivity index (χ4n) is 2.58. The van der Waals surface area contributed by atoms with Crippen LogP contribution in [0.25, 0.3) is 0 Å². The summed E-state index contributed by atoms with van der Waals surface area (Å²) >= 11 is 3.51. The quantitative estimate of drug-likeness (QED) is 0.883. The van der Waals surface area contributed by atoms with E-state index in [-0.39, 0.29) is 0 Å². The molecule has 0 spiro atoms. The minimum atomic E-state index is 0.754. The molecule has 18 heavy (non-hydrogen) atoms. The smallest absolute Gasteiger partial charge is 0.123 e. The Kier molecular flexibility index (Phi) is 5.51. The van der Waals surface area contributed by atoms with Crippen LogP contribution in [0.4, 0.5) is 0 Å². The van der Waals surface area contributed by atoms with Crippen molar-refractivity contribution in [3.05, 3.63) is 28.2 Å². The molecule has 0 unspecified atom stereocenters. The summed E-state index contributed by atoms with van der Waals surface area (Å²) in [5.41, 5.74) is 1.22. The average Bonchev–Trinajstić information content (AvgIpc) is 2.39. The Balaban J connectivity index is 1.94. The summed E-state index contributed by atoms with van der Waals surface area (Å²) in [4.78, 5) is 0. The van der Waals surface area contributed by atoms with Gasteiger partial charge in [-0.05, 0) is 44.0 Å². The van der Waals surface area contributed by atoms with Gasteiger partial charge in [0.1, 0.15) is 5.75 Å². The highest BCUT2D eigenvalue weighted by atomic mass is 79.9. The third-order valence-electron chi connectivity index (χ3n) is 3.59. The molecule has 1 saturated carbocycles. The molecule has 1 aliphatic rings. The van der Waals surface area contributed by atoms with Gasteiger partial charge in [-0.1, -0.05) is 35.2 Å². The minimum absolute atomic E-state index is 0.754. The number of hydrogen-bond donors (Lipinski definition) is 1. The lowest BCUT2D eigenvalue weighted by atomic mass is 9.90. The molecule has 0 atom stereocenters. The highest BCUT2D eigenvalue weighted by Gasteiger charge is 2.14. The minimum Gasteiger partial charge on any atom is -0.493 e. The summed E-state index contributed by atoms with van der Waals surface area (Å²) in [6.45, 7) is 1.72. The van der Waals surface area contributed by atoms with Crippen LogP contribution in [0.15, 0.2) is 22.7 Å². The average molecular weight is 312 g/mol. The standard InChI is InChI=1S/C15H22BrNO/c1-17-10-13-9-14(16)7-8-15(13)18-11-12-5-3-2-4-6-12/h7-9,12,17H,2-6,10-11H2,1H3. The van der Waals surface area contributed by atoms with Crippen molar-refractivity contribution in [3.8, 4) is 5.75 Å². The van der Waals surface area contributed by atoms with Crippen LogP contribution >= 0.6 is 15.9 Å². The number of halogens is 1. The maximum absolute atomic E-state index is 6.02. The zero-order valence-electron chi connectivity index (χ0n) is 11.0. The number of nitrogens with one attached hydrogen (secondary N) is 1. The molecule has 0 aliphatic heterocycles. The van der Waals surface area contributed by atoms with E-state index >= 15 is 0 Å². The van der Waals surface area contributed by atoms with Gasteiger partial charge >= 0.3 is 0 Å². The topological polar surface area (TPSA) is 21.3 Å². The molecule has 1 N–H and O–H groups in total. The molecule has 1 aliphatic carbocycles. The third-order valence-corrected chi connectivity index (χ3v) is 4.08. The van der Waals surface area contributed by atoms with Gasteiger partial charge in [-0.3, -0.25) is 0 Å². The molecule has 1 aromatic rings. The van der Waals surface area contributed by atoms with Crippen molar-refractivity contribution in [3.63, 3.8) is 0 Å². The normalized spacial score (nSPS) is 16.8. The molecule has 2 nitrogen and oxygen atoms in total.